The Labute approximate surface area is 146 Å². The maximum atomic E-state index is 12.7. The zero-order valence-corrected chi connectivity index (χ0v) is 14.3. The summed E-state index contributed by atoms with van der Waals surface area (Å²) in [4.78, 5) is 30.2. The average Bonchev–Trinajstić information content (AvgIpc) is 3.19. The second-order valence-electron chi connectivity index (χ2n) is 6.36. The van der Waals surface area contributed by atoms with Crippen molar-refractivity contribution in [2.24, 2.45) is 0 Å². The molecule has 0 spiro atoms. The van der Waals surface area contributed by atoms with E-state index in [0.717, 1.165) is 15.7 Å². The molecule has 5 heteroatoms. The fourth-order valence-electron chi connectivity index (χ4n) is 3.95. The predicted octanol–water partition coefficient (Wildman–Crippen LogP) is 3.69. The first-order valence-corrected chi connectivity index (χ1v) is 8.68. The van der Waals surface area contributed by atoms with E-state index in [1.165, 1.54) is 15.8 Å². The number of amides is 2. The van der Waals surface area contributed by atoms with Crippen LogP contribution in [-0.4, -0.2) is 27.7 Å². The standard InChI is InChI=1S/C19H13BrN2O2/c20-10-5-6-16-14(7-10)15-8-11(9-17(15)21-16)22-18(23)12-3-1-2-4-13(12)19(22)24/h1-7,11,21H,8-9H2/t11-/m1/s1. The Morgan fingerprint density at radius 3 is 2.42 bits per heavy atom. The number of H-pyrrole nitrogens is 1. The van der Waals surface area contributed by atoms with E-state index in [0.29, 0.717) is 24.0 Å². The first-order valence-electron chi connectivity index (χ1n) is 7.89. The lowest BCUT2D eigenvalue weighted by Gasteiger charge is -2.21. The molecule has 2 aromatic carbocycles. The van der Waals surface area contributed by atoms with E-state index in [4.69, 9.17) is 0 Å². The van der Waals surface area contributed by atoms with Crippen LogP contribution in [-0.2, 0) is 12.8 Å². The van der Waals surface area contributed by atoms with Gasteiger partial charge in [-0.2, -0.15) is 0 Å². The first-order chi connectivity index (χ1) is 11.6. The summed E-state index contributed by atoms with van der Waals surface area (Å²) >= 11 is 3.51. The molecule has 2 heterocycles. The van der Waals surface area contributed by atoms with E-state index >= 15 is 0 Å². The maximum Gasteiger partial charge on any atom is 0.261 e. The SMILES string of the molecule is O=C1c2ccccc2C(=O)N1[C@H]1Cc2[nH]c3ccc(Br)cc3c2C1. The number of aromatic amines is 1. The molecule has 1 aliphatic heterocycles. The molecule has 0 bridgehead atoms. The number of carbonyl (C=O) groups is 2. The van der Waals surface area contributed by atoms with E-state index in [1.807, 2.05) is 6.07 Å². The van der Waals surface area contributed by atoms with Gasteiger partial charge in [-0.05, 0) is 42.3 Å². The van der Waals surface area contributed by atoms with Crippen LogP contribution in [0.2, 0.25) is 0 Å². The number of benzene rings is 2. The Kier molecular flexibility index (Phi) is 2.80. The number of aromatic nitrogens is 1. The third-order valence-electron chi connectivity index (χ3n) is 5.03. The molecule has 0 fully saturated rings. The van der Waals surface area contributed by atoms with E-state index in [2.05, 4.69) is 33.0 Å². The second-order valence-corrected chi connectivity index (χ2v) is 7.28. The number of nitrogens with one attached hydrogen (secondary N) is 1. The van der Waals surface area contributed by atoms with Crippen LogP contribution in [0.1, 0.15) is 32.0 Å². The third-order valence-corrected chi connectivity index (χ3v) is 5.52. The van der Waals surface area contributed by atoms with Gasteiger partial charge in [-0.1, -0.05) is 28.1 Å². The third kappa shape index (κ3) is 1.79. The van der Waals surface area contributed by atoms with Crippen LogP contribution >= 0.6 is 15.9 Å². The smallest absolute Gasteiger partial charge is 0.261 e. The number of nitrogens with zero attached hydrogens (tertiary/aromatic N) is 1. The first kappa shape index (κ1) is 14.0. The number of hydrogen-bond donors (Lipinski definition) is 1. The molecular formula is C19H13BrN2O2. The van der Waals surface area contributed by atoms with Crippen molar-refractivity contribution >= 4 is 38.6 Å². The minimum Gasteiger partial charge on any atom is -0.358 e. The number of hydrogen-bond acceptors (Lipinski definition) is 2. The Bertz CT molecular complexity index is 1000. The quantitative estimate of drug-likeness (QED) is 0.654. The summed E-state index contributed by atoms with van der Waals surface area (Å²) < 4.78 is 1.03. The molecule has 118 valence electrons. The molecule has 1 aromatic heterocycles. The van der Waals surface area contributed by atoms with Gasteiger partial charge in [0, 0.05) is 33.5 Å². The molecular weight excluding hydrogens is 368 g/mol. The number of halogens is 1. The maximum absolute atomic E-state index is 12.7. The van der Waals surface area contributed by atoms with Crippen molar-refractivity contribution in [1.82, 2.24) is 9.88 Å². The van der Waals surface area contributed by atoms with Crippen LogP contribution in [0.15, 0.2) is 46.9 Å². The number of fused-ring (bicyclic) bond motifs is 4. The van der Waals surface area contributed by atoms with Crippen molar-refractivity contribution in [2.45, 2.75) is 18.9 Å². The Morgan fingerprint density at radius 1 is 1.00 bits per heavy atom. The fourth-order valence-corrected chi connectivity index (χ4v) is 4.31. The van der Waals surface area contributed by atoms with Gasteiger partial charge in [-0.15, -0.1) is 0 Å². The van der Waals surface area contributed by atoms with E-state index in [1.54, 1.807) is 24.3 Å². The van der Waals surface area contributed by atoms with E-state index in [-0.39, 0.29) is 17.9 Å². The molecule has 0 saturated carbocycles. The summed E-state index contributed by atoms with van der Waals surface area (Å²) in [5.41, 5.74) is 4.48. The van der Waals surface area contributed by atoms with Crippen LogP contribution in [0.5, 0.6) is 0 Å². The number of carbonyl (C=O) groups excluding carboxylic acids is 2. The molecule has 2 amide bonds. The van der Waals surface area contributed by atoms with Crippen molar-refractivity contribution in [3.05, 3.63) is 69.3 Å². The molecule has 1 N–H and O–H groups in total. The number of imide groups is 1. The second kappa shape index (κ2) is 4.80. The zero-order chi connectivity index (χ0) is 16.4. The molecule has 0 radical (unpaired) electrons. The lowest BCUT2D eigenvalue weighted by molar-refractivity contribution is 0.0590. The highest BCUT2D eigenvalue weighted by atomic mass is 79.9. The molecule has 4 nitrogen and oxygen atoms in total. The summed E-state index contributed by atoms with van der Waals surface area (Å²) in [6, 6.07) is 13.1. The van der Waals surface area contributed by atoms with Crippen LogP contribution in [0.25, 0.3) is 10.9 Å². The average molecular weight is 381 g/mol. The van der Waals surface area contributed by atoms with Gasteiger partial charge in [0.25, 0.3) is 11.8 Å². The molecule has 5 rings (SSSR count). The van der Waals surface area contributed by atoms with Crippen LogP contribution in [0, 0.1) is 0 Å². The highest BCUT2D eigenvalue weighted by molar-refractivity contribution is 9.10. The fraction of sp³-hybridized carbons (Fsp3) is 0.158. The van der Waals surface area contributed by atoms with Gasteiger partial charge in [0.05, 0.1) is 11.1 Å². The predicted molar refractivity (Wildman–Crippen MR) is 94.1 cm³/mol. The lowest BCUT2D eigenvalue weighted by atomic mass is 10.1. The Balaban J connectivity index is 1.53. The van der Waals surface area contributed by atoms with Gasteiger partial charge < -0.3 is 4.98 Å². The summed E-state index contributed by atoms with van der Waals surface area (Å²) in [6.45, 7) is 0. The van der Waals surface area contributed by atoms with Crippen LogP contribution < -0.4 is 0 Å². The highest BCUT2D eigenvalue weighted by Gasteiger charge is 2.42. The van der Waals surface area contributed by atoms with Crippen LogP contribution in [0.3, 0.4) is 0 Å². The molecule has 0 unspecified atom stereocenters. The van der Waals surface area contributed by atoms with Crippen molar-refractivity contribution in [3.8, 4) is 0 Å². The minimum atomic E-state index is -0.170. The van der Waals surface area contributed by atoms with Crippen molar-refractivity contribution in [1.29, 1.82) is 0 Å². The molecule has 1 aliphatic carbocycles. The Hall–Kier alpha value is -2.40. The molecule has 1 atom stereocenters. The number of rotatable bonds is 1. The Morgan fingerprint density at radius 2 is 1.71 bits per heavy atom. The normalized spacial score (nSPS) is 19.2. The van der Waals surface area contributed by atoms with E-state index in [9.17, 15) is 9.59 Å². The molecule has 24 heavy (non-hydrogen) atoms. The van der Waals surface area contributed by atoms with Gasteiger partial charge in [0.2, 0.25) is 0 Å². The van der Waals surface area contributed by atoms with E-state index < -0.39 is 0 Å². The van der Waals surface area contributed by atoms with Crippen molar-refractivity contribution < 1.29 is 9.59 Å². The zero-order valence-electron chi connectivity index (χ0n) is 12.7. The molecule has 3 aromatic rings. The topological polar surface area (TPSA) is 53.2 Å². The lowest BCUT2D eigenvalue weighted by Crippen LogP contribution is -2.40. The van der Waals surface area contributed by atoms with Gasteiger partial charge in [0.15, 0.2) is 0 Å². The largest absolute Gasteiger partial charge is 0.358 e. The molecule has 0 saturated heterocycles. The van der Waals surface area contributed by atoms with Gasteiger partial charge >= 0.3 is 0 Å². The summed E-state index contributed by atoms with van der Waals surface area (Å²) in [5.74, 6) is -0.340. The van der Waals surface area contributed by atoms with Gasteiger partial charge in [-0.3, -0.25) is 14.5 Å². The summed E-state index contributed by atoms with van der Waals surface area (Å²) in [6.07, 6.45) is 1.39. The van der Waals surface area contributed by atoms with Crippen molar-refractivity contribution in [3.63, 3.8) is 0 Å². The van der Waals surface area contributed by atoms with Gasteiger partial charge in [0.1, 0.15) is 0 Å². The van der Waals surface area contributed by atoms with Crippen molar-refractivity contribution in [2.75, 3.05) is 0 Å². The molecule has 2 aliphatic rings. The summed E-state index contributed by atoms with van der Waals surface area (Å²) in [5, 5.41) is 1.17. The minimum absolute atomic E-state index is 0.109. The van der Waals surface area contributed by atoms with Crippen LogP contribution in [0.4, 0.5) is 0 Å². The highest BCUT2D eigenvalue weighted by Crippen LogP contribution is 2.36. The van der Waals surface area contributed by atoms with Gasteiger partial charge in [-0.25, -0.2) is 0 Å². The summed E-state index contributed by atoms with van der Waals surface area (Å²) in [7, 11) is 0. The monoisotopic (exact) mass is 380 g/mol.